The summed E-state index contributed by atoms with van der Waals surface area (Å²) in [5.74, 6) is -0.413. The van der Waals surface area contributed by atoms with E-state index in [1.54, 1.807) is 11.5 Å². The van der Waals surface area contributed by atoms with E-state index in [1.165, 1.54) is 6.33 Å². The molecule has 3 rings (SSSR count). The molecule has 0 aromatic carbocycles. The highest BCUT2D eigenvalue weighted by atomic mass is 32.1. The van der Waals surface area contributed by atoms with Gasteiger partial charge in [-0.2, -0.15) is 0 Å². The van der Waals surface area contributed by atoms with Crippen LogP contribution >= 0.6 is 11.3 Å². The second-order valence-electron chi connectivity index (χ2n) is 4.69. The highest BCUT2D eigenvalue weighted by Gasteiger charge is 2.24. The number of aromatic nitrogens is 2. The van der Waals surface area contributed by atoms with E-state index in [1.807, 2.05) is 0 Å². The summed E-state index contributed by atoms with van der Waals surface area (Å²) >= 11 is 1.07. The predicted octanol–water partition coefficient (Wildman–Crippen LogP) is 1.87. The van der Waals surface area contributed by atoms with Crippen molar-refractivity contribution in [2.24, 2.45) is 5.92 Å². The van der Waals surface area contributed by atoms with Crippen molar-refractivity contribution in [3.05, 3.63) is 27.1 Å². The van der Waals surface area contributed by atoms with Gasteiger partial charge in [-0.25, -0.2) is 9.78 Å². The first kappa shape index (κ1) is 11.4. The molecule has 2 aromatic rings. The molecule has 0 bridgehead atoms. The zero-order valence-electron chi connectivity index (χ0n) is 9.84. The number of thiophene rings is 1. The number of hydrogen-bond acceptors (Lipinski definition) is 4. The molecule has 2 aromatic heterocycles. The number of carboxylic acid groups (broad SMARTS) is 1. The number of aromatic carboxylic acids is 1. The summed E-state index contributed by atoms with van der Waals surface area (Å²) < 4.78 is 1.60. The zero-order chi connectivity index (χ0) is 12.9. The van der Waals surface area contributed by atoms with E-state index in [0.717, 1.165) is 24.2 Å². The van der Waals surface area contributed by atoms with Gasteiger partial charge < -0.3 is 5.11 Å². The third-order valence-electron chi connectivity index (χ3n) is 3.26. The number of aryl methyl sites for hydroxylation is 1. The van der Waals surface area contributed by atoms with Crippen molar-refractivity contribution in [1.82, 2.24) is 9.55 Å². The maximum Gasteiger partial charge on any atom is 0.346 e. The maximum absolute atomic E-state index is 12.3. The normalized spacial score (nSPS) is 15.2. The summed E-state index contributed by atoms with van der Waals surface area (Å²) in [6, 6.07) is 0. The second-order valence-corrected chi connectivity index (χ2v) is 5.69. The first-order chi connectivity index (χ1) is 8.58. The predicted molar refractivity (Wildman–Crippen MR) is 68.3 cm³/mol. The van der Waals surface area contributed by atoms with Crippen LogP contribution in [-0.4, -0.2) is 20.6 Å². The molecular formula is C12H12N2O3S. The number of fused-ring (bicyclic) bond motifs is 1. The minimum Gasteiger partial charge on any atom is -0.477 e. The Kier molecular flexibility index (Phi) is 2.48. The molecule has 18 heavy (non-hydrogen) atoms. The van der Waals surface area contributed by atoms with Crippen LogP contribution in [0.4, 0.5) is 0 Å². The van der Waals surface area contributed by atoms with Crippen LogP contribution in [0.25, 0.3) is 10.2 Å². The molecule has 94 valence electrons. The summed E-state index contributed by atoms with van der Waals surface area (Å²) in [7, 11) is 0. The minimum atomic E-state index is -0.997. The topological polar surface area (TPSA) is 72.2 Å². The lowest BCUT2D eigenvalue weighted by molar-refractivity contribution is 0.0701. The van der Waals surface area contributed by atoms with E-state index < -0.39 is 5.97 Å². The van der Waals surface area contributed by atoms with Gasteiger partial charge in [0, 0.05) is 6.54 Å². The molecule has 0 spiro atoms. The molecule has 0 saturated heterocycles. The highest BCUT2D eigenvalue weighted by Crippen LogP contribution is 2.31. The summed E-state index contributed by atoms with van der Waals surface area (Å²) in [6.45, 7) is 2.37. The Labute approximate surface area is 107 Å². The Morgan fingerprint density at radius 2 is 2.33 bits per heavy atom. The van der Waals surface area contributed by atoms with Crippen LogP contribution in [0.3, 0.4) is 0 Å². The van der Waals surface area contributed by atoms with Crippen molar-refractivity contribution in [2.75, 3.05) is 0 Å². The first-order valence-electron chi connectivity index (χ1n) is 5.79. The molecule has 0 aliphatic heterocycles. The fourth-order valence-electron chi connectivity index (χ4n) is 2.07. The summed E-state index contributed by atoms with van der Waals surface area (Å²) in [5.41, 5.74) is 0.415. The lowest BCUT2D eigenvalue weighted by atomic mass is 10.2. The summed E-state index contributed by atoms with van der Waals surface area (Å²) in [5, 5.41) is 9.51. The van der Waals surface area contributed by atoms with Crippen LogP contribution in [-0.2, 0) is 6.54 Å². The van der Waals surface area contributed by atoms with Gasteiger partial charge in [-0.15, -0.1) is 11.3 Å². The molecule has 1 N–H and O–H groups in total. The summed E-state index contributed by atoms with van der Waals surface area (Å²) in [4.78, 5) is 28.3. The molecule has 0 radical (unpaired) electrons. The standard InChI is InChI=1S/C12H12N2O3S/c1-6-8-10(18-9(6)12(16)17)13-5-14(11(8)15)4-7-2-3-7/h5,7H,2-4H2,1H3,(H,16,17). The van der Waals surface area contributed by atoms with Crippen LogP contribution in [0.2, 0.25) is 0 Å². The maximum atomic E-state index is 12.3. The minimum absolute atomic E-state index is 0.117. The van der Waals surface area contributed by atoms with Crippen LogP contribution in [0, 0.1) is 12.8 Å². The van der Waals surface area contributed by atoms with Crippen molar-refractivity contribution in [2.45, 2.75) is 26.3 Å². The van der Waals surface area contributed by atoms with E-state index in [4.69, 9.17) is 5.11 Å². The lowest BCUT2D eigenvalue weighted by Gasteiger charge is -2.03. The van der Waals surface area contributed by atoms with Crippen molar-refractivity contribution in [3.8, 4) is 0 Å². The molecule has 1 fully saturated rings. The number of hydrogen-bond donors (Lipinski definition) is 1. The second kappa shape index (κ2) is 3.91. The quantitative estimate of drug-likeness (QED) is 0.918. The number of carbonyl (C=O) groups is 1. The number of nitrogens with zero attached hydrogens (tertiary/aromatic N) is 2. The number of carboxylic acids is 1. The fraction of sp³-hybridized carbons (Fsp3) is 0.417. The zero-order valence-corrected chi connectivity index (χ0v) is 10.7. The monoisotopic (exact) mass is 264 g/mol. The molecule has 1 saturated carbocycles. The molecule has 1 aliphatic carbocycles. The van der Waals surface area contributed by atoms with Gasteiger partial charge in [-0.3, -0.25) is 9.36 Å². The molecule has 1 aliphatic rings. The number of rotatable bonds is 3. The third kappa shape index (κ3) is 1.73. The van der Waals surface area contributed by atoms with Gasteiger partial charge in [-0.05, 0) is 31.2 Å². The van der Waals surface area contributed by atoms with Gasteiger partial charge in [0.1, 0.15) is 9.71 Å². The van der Waals surface area contributed by atoms with Gasteiger partial charge in [0.2, 0.25) is 0 Å². The van der Waals surface area contributed by atoms with Crippen LogP contribution < -0.4 is 5.56 Å². The average molecular weight is 264 g/mol. The van der Waals surface area contributed by atoms with Crippen LogP contribution in [0.1, 0.15) is 28.1 Å². The van der Waals surface area contributed by atoms with Crippen molar-refractivity contribution in [3.63, 3.8) is 0 Å². The molecule has 6 heteroatoms. The highest BCUT2D eigenvalue weighted by molar-refractivity contribution is 7.20. The van der Waals surface area contributed by atoms with E-state index in [2.05, 4.69) is 4.98 Å². The van der Waals surface area contributed by atoms with E-state index >= 15 is 0 Å². The van der Waals surface area contributed by atoms with Crippen LogP contribution in [0.5, 0.6) is 0 Å². The Bertz CT molecular complexity index is 697. The molecule has 0 atom stereocenters. The van der Waals surface area contributed by atoms with Crippen molar-refractivity contribution < 1.29 is 9.90 Å². The Morgan fingerprint density at radius 3 is 2.94 bits per heavy atom. The van der Waals surface area contributed by atoms with E-state index in [-0.39, 0.29) is 10.4 Å². The van der Waals surface area contributed by atoms with Gasteiger partial charge in [0.15, 0.2) is 0 Å². The van der Waals surface area contributed by atoms with Gasteiger partial charge >= 0.3 is 5.97 Å². The summed E-state index contributed by atoms with van der Waals surface area (Å²) in [6.07, 6.45) is 3.85. The van der Waals surface area contributed by atoms with Crippen molar-refractivity contribution in [1.29, 1.82) is 0 Å². The molecule has 2 heterocycles. The molecular weight excluding hydrogens is 252 g/mol. The largest absolute Gasteiger partial charge is 0.477 e. The van der Waals surface area contributed by atoms with Crippen LogP contribution in [0.15, 0.2) is 11.1 Å². The SMILES string of the molecule is Cc1c(C(=O)O)sc2ncn(CC3CC3)c(=O)c12. The first-order valence-corrected chi connectivity index (χ1v) is 6.61. The smallest absolute Gasteiger partial charge is 0.346 e. The van der Waals surface area contributed by atoms with E-state index in [0.29, 0.717) is 28.2 Å². The van der Waals surface area contributed by atoms with Gasteiger partial charge in [0.05, 0.1) is 11.7 Å². The molecule has 0 amide bonds. The van der Waals surface area contributed by atoms with Gasteiger partial charge in [0.25, 0.3) is 5.56 Å². The fourth-order valence-corrected chi connectivity index (χ4v) is 3.05. The van der Waals surface area contributed by atoms with Crippen molar-refractivity contribution >= 4 is 27.5 Å². The average Bonchev–Trinajstić information content (AvgIpc) is 3.06. The molecule has 5 nitrogen and oxygen atoms in total. The Morgan fingerprint density at radius 1 is 1.61 bits per heavy atom. The Balaban J connectivity index is 2.20. The van der Waals surface area contributed by atoms with Gasteiger partial charge in [-0.1, -0.05) is 0 Å². The molecule has 0 unspecified atom stereocenters. The Hall–Kier alpha value is -1.69. The lowest BCUT2D eigenvalue weighted by Crippen LogP contribution is -2.21. The van der Waals surface area contributed by atoms with E-state index in [9.17, 15) is 9.59 Å². The third-order valence-corrected chi connectivity index (χ3v) is 4.45.